The minimum atomic E-state index is -0.953. The van der Waals surface area contributed by atoms with Crippen LogP contribution in [0.5, 0.6) is 0 Å². The van der Waals surface area contributed by atoms with E-state index in [0.717, 1.165) is 65.2 Å². The Hall–Kier alpha value is -4.84. The number of thiazole rings is 1. The summed E-state index contributed by atoms with van der Waals surface area (Å²) in [5.74, 6) is -0.438. The second kappa shape index (κ2) is 14.4. The van der Waals surface area contributed by atoms with Crippen LogP contribution in [-0.4, -0.2) is 67.6 Å². The van der Waals surface area contributed by atoms with E-state index in [-0.39, 0.29) is 18.7 Å². The smallest absolute Gasteiger partial charge is 0.410 e. The van der Waals surface area contributed by atoms with Gasteiger partial charge in [-0.2, -0.15) is 5.10 Å². The number of nitrogens with zero attached hydrogens (tertiary/aromatic N) is 5. The molecular weight excluding hydrogens is 722 g/mol. The predicted molar refractivity (Wildman–Crippen MR) is 214 cm³/mol. The average molecular weight is 766 g/mol. The Balaban J connectivity index is 1.24. The van der Waals surface area contributed by atoms with Crippen molar-refractivity contribution in [1.29, 1.82) is 0 Å². The molecule has 6 aromatic rings. The molecule has 0 aliphatic carbocycles. The Bertz CT molecular complexity index is 2370. The van der Waals surface area contributed by atoms with Gasteiger partial charge in [-0.1, -0.05) is 29.8 Å². The Morgan fingerprint density at radius 1 is 0.944 bits per heavy atom. The Kier molecular flexibility index (Phi) is 10.0. The summed E-state index contributed by atoms with van der Waals surface area (Å²) in [6, 6.07) is 19.9. The quantitative estimate of drug-likeness (QED) is 0.141. The molecule has 54 heavy (non-hydrogen) atoms. The normalized spacial score (nSPS) is 14.4. The van der Waals surface area contributed by atoms with Crippen LogP contribution >= 0.6 is 22.9 Å². The first-order valence-corrected chi connectivity index (χ1v) is 19.2. The topological polar surface area (TPSA) is 109 Å². The van der Waals surface area contributed by atoms with Gasteiger partial charge in [0.25, 0.3) is 0 Å². The first-order chi connectivity index (χ1) is 25.6. The third-order valence-corrected chi connectivity index (χ3v) is 10.4. The highest BCUT2D eigenvalue weighted by Crippen LogP contribution is 2.45. The van der Waals surface area contributed by atoms with Gasteiger partial charge < -0.3 is 19.1 Å². The van der Waals surface area contributed by atoms with Gasteiger partial charge in [0.05, 0.1) is 45.9 Å². The first-order valence-electron chi connectivity index (χ1n) is 18.0. The molecule has 0 bridgehead atoms. The van der Waals surface area contributed by atoms with E-state index < -0.39 is 23.3 Å². The molecule has 280 valence electrons. The van der Waals surface area contributed by atoms with Crippen molar-refractivity contribution in [2.75, 3.05) is 19.7 Å². The molecule has 0 radical (unpaired) electrons. The molecule has 0 unspecified atom stereocenters. The van der Waals surface area contributed by atoms with Crippen molar-refractivity contribution in [3.05, 3.63) is 89.2 Å². The summed E-state index contributed by atoms with van der Waals surface area (Å²) < 4.78 is 20.4. The molecule has 1 saturated heterocycles. The van der Waals surface area contributed by atoms with Crippen LogP contribution in [-0.2, 0) is 19.0 Å². The minimum absolute atomic E-state index is 0.0795. The molecule has 7 rings (SSSR count). The number of hydrogen-bond acceptors (Lipinski definition) is 9. The van der Waals surface area contributed by atoms with E-state index in [9.17, 15) is 9.59 Å². The molecule has 4 heterocycles. The van der Waals surface area contributed by atoms with Gasteiger partial charge in [-0.3, -0.25) is 9.67 Å². The maximum Gasteiger partial charge on any atom is 0.410 e. The number of halogens is 1. The maximum atomic E-state index is 13.5. The van der Waals surface area contributed by atoms with Gasteiger partial charge in [0.15, 0.2) is 6.10 Å². The molecule has 1 aliphatic rings. The van der Waals surface area contributed by atoms with Crippen molar-refractivity contribution in [1.82, 2.24) is 24.6 Å². The summed E-state index contributed by atoms with van der Waals surface area (Å²) in [7, 11) is 0. The fourth-order valence-electron chi connectivity index (χ4n) is 6.68. The van der Waals surface area contributed by atoms with Crippen LogP contribution in [0.1, 0.15) is 71.7 Å². The molecular formula is C42H44ClN5O5S. The lowest BCUT2D eigenvalue weighted by Crippen LogP contribution is -2.52. The lowest BCUT2D eigenvalue weighted by molar-refractivity contribution is -0.166. The molecule has 1 amide bonds. The maximum absolute atomic E-state index is 13.5. The van der Waals surface area contributed by atoms with Crippen molar-refractivity contribution in [2.24, 2.45) is 0 Å². The number of amides is 1. The fraction of sp³-hybridized carbons (Fsp3) is 0.357. The standard InChI is InChI=1S/C42H44ClN5O5S/c1-9-51-39(49)36(52-41(3,4)5)34-24(2)18-32-37(35(34)25-10-13-29(43)14-11-25)54-38(46-32)27-16-17-44-31(20-27)26-12-15-33-28(19-26)21-45-48(33)30-22-47(23-30)40(50)53-42(6,7)8/h10-21,30,36H,9,22-23H2,1-8H3/t36-/m0/s1. The SMILES string of the molecule is CCOC(=O)[C@@H](OC(C)(C)C)c1c(C)cc2nc(-c3ccnc(-c4ccc5c(cnn5C5CN(C(=O)OC(C)(C)C)C5)c4)c3)sc2c1-c1ccc(Cl)cc1. The number of rotatable bonds is 8. The van der Waals surface area contributed by atoms with Crippen LogP contribution in [0.4, 0.5) is 4.79 Å². The third kappa shape index (κ3) is 7.71. The summed E-state index contributed by atoms with van der Waals surface area (Å²) in [6.45, 7) is 16.5. The zero-order valence-electron chi connectivity index (χ0n) is 31.8. The van der Waals surface area contributed by atoms with Crippen LogP contribution < -0.4 is 0 Å². The summed E-state index contributed by atoms with van der Waals surface area (Å²) in [5.41, 5.74) is 6.70. The number of pyridine rings is 1. The highest BCUT2D eigenvalue weighted by molar-refractivity contribution is 7.22. The van der Waals surface area contributed by atoms with Crippen LogP contribution in [0.15, 0.2) is 73.1 Å². The summed E-state index contributed by atoms with van der Waals surface area (Å²) in [5, 5.41) is 7.10. The zero-order chi connectivity index (χ0) is 38.5. The first kappa shape index (κ1) is 37.5. The fourth-order valence-corrected chi connectivity index (χ4v) is 7.93. The second-order valence-electron chi connectivity index (χ2n) is 15.6. The van der Waals surface area contributed by atoms with E-state index >= 15 is 0 Å². The molecule has 12 heteroatoms. The Morgan fingerprint density at radius 3 is 2.35 bits per heavy atom. The van der Waals surface area contributed by atoms with Gasteiger partial charge in [0.2, 0.25) is 0 Å². The number of carbonyl (C=O) groups excluding carboxylic acids is 2. The number of likely N-dealkylation sites (tertiary alicyclic amines) is 1. The molecule has 10 nitrogen and oxygen atoms in total. The number of ether oxygens (including phenoxy) is 3. The van der Waals surface area contributed by atoms with E-state index in [1.807, 2.05) is 108 Å². The molecule has 0 saturated carbocycles. The van der Waals surface area contributed by atoms with Crippen molar-refractivity contribution in [3.63, 3.8) is 0 Å². The van der Waals surface area contributed by atoms with Crippen molar-refractivity contribution >= 4 is 56.1 Å². The molecule has 1 fully saturated rings. The minimum Gasteiger partial charge on any atom is -0.464 e. The summed E-state index contributed by atoms with van der Waals surface area (Å²) >= 11 is 7.89. The largest absolute Gasteiger partial charge is 0.464 e. The Morgan fingerprint density at radius 2 is 1.67 bits per heavy atom. The van der Waals surface area contributed by atoms with E-state index in [0.29, 0.717) is 18.1 Å². The Labute approximate surface area is 324 Å². The van der Waals surface area contributed by atoms with Crippen molar-refractivity contribution < 1.29 is 23.8 Å². The van der Waals surface area contributed by atoms with Gasteiger partial charge in [-0.05, 0) is 109 Å². The van der Waals surface area contributed by atoms with E-state index in [1.165, 1.54) is 0 Å². The highest BCUT2D eigenvalue weighted by Gasteiger charge is 2.36. The molecule has 3 aromatic heterocycles. The monoisotopic (exact) mass is 765 g/mol. The molecule has 1 aliphatic heterocycles. The number of esters is 1. The number of fused-ring (bicyclic) bond motifs is 2. The van der Waals surface area contributed by atoms with Gasteiger partial charge in [-0.15, -0.1) is 11.3 Å². The van der Waals surface area contributed by atoms with E-state index in [1.54, 1.807) is 29.4 Å². The average Bonchev–Trinajstić information content (AvgIpc) is 3.70. The lowest BCUT2D eigenvalue weighted by Gasteiger charge is -2.39. The van der Waals surface area contributed by atoms with Crippen LogP contribution in [0.25, 0.3) is 54.1 Å². The number of aromatic nitrogens is 4. The van der Waals surface area contributed by atoms with Crippen LogP contribution in [0, 0.1) is 6.92 Å². The predicted octanol–water partition coefficient (Wildman–Crippen LogP) is 10.2. The molecule has 3 aromatic carbocycles. The van der Waals surface area contributed by atoms with Crippen LogP contribution in [0.3, 0.4) is 0 Å². The van der Waals surface area contributed by atoms with Crippen molar-refractivity contribution in [2.45, 2.75) is 78.7 Å². The number of benzene rings is 3. The van der Waals surface area contributed by atoms with Crippen LogP contribution in [0.2, 0.25) is 5.02 Å². The molecule has 0 N–H and O–H groups in total. The number of aryl methyl sites for hydroxylation is 1. The highest BCUT2D eigenvalue weighted by atomic mass is 35.5. The van der Waals surface area contributed by atoms with E-state index in [2.05, 4.69) is 17.2 Å². The zero-order valence-corrected chi connectivity index (χ0v) is 33.3. The number of carbonyl (C=O) groups is 2. The summed E-state index contributed by atoms with van der Waals surface area (Å²) in [6.07, 6.45) is 2.40. The number of hydrogen-bond donors (Lipinski definition) is 0. The van der Waals surface area contributed by atoms with Gasteiger partial charge in [0.1, 0.15) is 10.6 Å². The second-order valence-corrected chi connectivity index (χ2v) is 17.0. The van der Waals surface area contributed by atoms with Gasteiger partial charge in [0, 0.05) is 51.9 Å². The third-order valence-electron chi connectivity index (χ3n) is 9.05. The summed E-state index contributed by atoms with van der Waals surface area (Å²) in [4.78, 5) is 37.6. The van der Waals surface area contributed by atoms with E-state index in [4.69, 9.17) is 35.8 Å². The van der Waals surface area contributed by atoms with Gasteiger partial charge in [-0.25, -0.2) is 14.6 Å². The molecule has 0 spiro atoms. The lowest BCUT2D eigenvalue weighted by atomic mass is 9.91. The molecule has 1 atom stereocenters. The van der Waals surface area contributed by atoms with Gasteiger partial charge >= 0.3 is 12.1 Å². The van der Waals surface area contributed by atoms with Crippen molar-refractivity contribution in [3.8, 4) is 33.0 Å².